The molecule has 2 amide bonds. The molecular formula is C31H37FN4O4S. The van der Waals surface area contributed by atoms with Crippen molar-refractivity contribution in [2.75, 3.05) is 35.9 Å². The van der Waals surface area contributed by atoms with Gasteiger partial charge in [0.15, 0.2) is 0 Å². The van der Waals surface area contributed by atoms with E-state index in [-0.39, 0.29) is 17.9 Å². The van der Waals surface area contributed by atoms with Crippen LogP contribution in [0, 0.1) is 11.7 Å². The zero-order chi connectivity index (χ0) is 28.8. The molecule has 3 aromatic rings. The summed E-state index contributed by atoms with van der Waals surface area (Å²) < 4.78 is 44.4. The van der Waals surface area contributed by atoms with Crippen LogP contribution in [0.4, 0.5) is 20.6 Å². The van der Waals surface area contributed by atoms with E-state index in [0.717, 1.165) is 45.3 Å². The molecule has 3 aromatic carbocycles. The SMILES string of the molecule is CS(=O)(=O)Nc1ccc(Oc2ccc(CN3CCC(N(CC4CCC4)C(=O)Nc4ccc(F)cc4)CC3)cc2)cc1. The lowest BCUT2D eigenvalue weighted by molar-refractivity contribution is 0.101. The molecule has 0 aromatic heterocycles. The van der Waals surface area contributed by atoms with Crippen molar-refractivity contribution in [3.8, 4) is 11.5 Å². The van der Waals surface area contributed by atoms with Gasteiger partial charge in [-0.1, -0.05) is 18.6 Å². The number of urea groups is 1. The highest BCUT2D eigenvalue weighted by molar-refractivity contribution is 7.92. The number of anilines is 2. The Balaban J connectivity index is 1.12. The fraction of sp³-hybridized carbons (Fsp3) is 0.387. The zero-order valence-electron chi connectivity index (χ0n) is 23.3. The van der Waals surface area contributed by atoms with Gasteiger partial charge in [-0.15, -0.1) is 0 Å². The Morgan fingerprint density at radius 3 is 2.05 bits per heavy atom. The van der Waals surface area contributed by atoms with Gasteiger partial charge in [0.25, 0.3) is 0 Å². The molecule has 1 aliphatic heterocycles. The maximum atomic E-state index is 13.3. The van der Waals surface area contributed by atoms with Crippen LogP contribution in [0.3, 0.4) is 0 Å². The van der Waals surface area contributed by atoms with Crippen LogP contribution in [0.1, 0.15) is 37.7 Å². The number of benzene rings is 3. The van der Waals surface area contributed by atoms with E-state index in [4.69, 9.17) is 4.74 Å². The number of ether oxygens (including phenoxy) is 1. The van der Waals surface area contributed by atoms with Crippen LogP contribution in [0.2, 0.25) is 0 Å². The van der Waals surface area contributed by atoms with Crippen LogP contribution in [0.15, 0.2) is 72.8 Å². The summed E-state index contributed by atoms with van der Waals surface area (Å²) in [4.78, 5) is 17.7. The average molecular weight is 581 g/mol. The Hall–Kier alpha value is -3.63. The van der Waals surface area contributed by atoms with Crippen molar-refractivity contribution in [1.29, 1.82) is 0 Å². The Morgan fingerprint density at radius 2 is 1.49 bits per heavy atom. The van der Waals surface area contributed by atoms with Crippen molar-refractivity contribution in [1.82, 2.24) is 9.80 Å². The first-order valence-corrected chi connectivity index (χ1v) is 16.0. The summed E-state index contributed by atoms with van der Waals surface area (Å²) in [5.41, 5.74) is 2.28. The molecule has 218 valence electrons. The van der Waals surface area contributed by atoms with E-state index in [9.17, 15) is 17.6 Å². The molecule has 0 radical (unpaired) electrons. The fourth-order valence-corrected chi connectivity index (χ4v) is 5.90. The van der Waals surface area contributed by atoms with Crippen LogP contribution >= 0.6 is 0 Å². The Bertz CT molecular complexity index is 1400. The number of piperidine rings is 1. The molecule has 8 nitrogen and oxygen atoms in total. The number of sulfonamides is 1. The van der Waals surface area contributed by atoms with Crippen LogP contribution in [-0.4, -0.2) is 56.2 Å². The number of halogens is 1. The predicted octanol–water partition coefficient (Wildman–Crippen LogP) is 6.29. The highest BCUT2D eigenvalue weighted by Gasteiger charge is 2.31. The second-order valence-electron chi connectivity index (χ2n) is 11.0. The van der Waals surface area contributed by atoms with Gasteiger partial charge in [-0.2, -0.15) is 0 Å². The van der Waals surface area contributed by atoms with E-state index in [1.165, 1.54) is 37.0 Å². The number of amides is 2. The normalized spacial score (nSPS) is 16.5. The molecular weight excluding hydrogens is 543 g/mol. The molecule has 2 aliphatic rings. The number of hydrogen-bond acceptors (Lipinski definition) is 5. The Labute approximate surface area is 241 Å². The summed E-state index contributed by atoms with van der Waals surface area (Å²) >= 11 is 0. The molecule has 1 aliphatic carbocycles. The fourth-order valence-electron chi connectivity index (χ4n) is 5.33. The van der Waals surface area contributed by atoms with E-state index < -0.39 is 10.0 Å². The highest BCUT2D eigenvalue weighted by atomic mass is 32.2. The number of carbonyl (C=O) groups excluding carboxylic acids is 1. The molecule has 0 atom stereocenters. The van der Waals surface area contributed by atoms with E-state index in [2.05, 4.69) is 27.1 Å². The van der Waals surface area contributed by atoms with Crippen LogP contribution < -0.4 is 14.8 Å². The number of nitrogens with one attached hydrogen (secondary N) is 2. The van der Waals surface area contributed by atoms with Gasteiger partial charge in [0.05, 0.1) is 6.26 Å². The molecule has 0 spiro atoms. The smallest absolute Gasteiger partial charge is 0.322 e. The number of rotatable bonds is 10. The third-order valence-electron chi connectivity index (χ3n) is 7.76. The first-order chi connectivity index (χ1) is 19.7. The average Bonchev–Trinajstić information content (AvgIpc) is 2.91. The minimum Gasteiger partial charge on any atom is -0.457 e. The van der Waals surface area contributed by atoms with Crippen molar-refractivity contribution in [3.63, 3.8) is 0 Å². The molecule has 41 heavy (non-hydrogen) atoms. The third-order valence-corrected chi connectivity index (χ3v) is 8.36. The summed E-state index contributed by atoms with van der Waals surface area (Å²) in [6.45, 7) is 3.41. The Morgan fingerprint density at radius 1 is 0.902 bits per heavy atom. The zero-order valence-corrected chi connectivity index (χ0v) is 24.1. The quantitative estimate of drug-likeness (QED) is 0.294. The van der Waals surface area contributed by atoms with Gasteiger partial charge in [-0.3, -0.25) is 9.62 Å². The van der Waals surface area contributed by atoms with E-state index in [1.807, 2.05) is 17.0 Å². The van der Waals surface area contributed by atoms with Gasteiger partial charge in [-0.05, 0) is 97.8 Å². The summed E-state index contributed by atoms with van der Waals surface area (Å²) in [7, 11) is -3.32. The topological polar surface area (TPSA) is 91.0 Å². The van der Waals surface area contributed by atoms with Crippen LogP contribution in [0.5, 0.6) is 11.5 Å². The van der Waals surface area contributed by atoms with E-state index in [0.29, 0.717) is 28.8 Å². The Kier molecular flexibility index (Phi) is 9.09. The van der Waals surface area contributed by atoms with Crippen LogP contribution in [-0.2, 0) is 16.6 Å². The molecule has 10 heteroatoms. The first-order valence-electron chi connectivity index (χ1n) is 14.1. The van der Waals surface area contributed by atoms with E-state index >= 15 is 0 Å². The lowest BCUT2D eigenvalue weighted by Gasteiger charge is -2.41. The van der Waals surface area contributed by atoms with Gasteiger partial charge < -0.3 is 15.0 Å². The lowest BCUT2D eigenvalue weighted by Crippen LogP contribution is -2.50. The summed E-state index contributed by atoms with van der Waals surface area (Å²) in [5.74, 6) is 1.57. The second-order valence-corrected chi connectivity index (χ2v) is 12.8. The van der Waals surface area contributed by atoms with Crippen molar-refractivity contribution in [2.45, 2.75) is 44.7 Å². The number of carbonyl (C=O) groups is 1. The summed E-state index contributed by atoms with van der Waals surface area (Å²) in [5, 5.41) is 2.97. The molecule has 1 saturated carbocycles. The van der Waals surface area contributed by atoms with Gasteiger partial charge in [0.1, 0.15) is 17.3 Å². The molecule has 2 fully saturated rings. The van der Waals surface area contributed by atoms with Gasteiger partial charge in [0, 0.05) is 43.6 Å². The largest absolute Gasteiger partial charge is 0.457 e. The van der Waals surface area contributed by atoms with Gasteiger partial charge in [-0.25, -0.2) is 17.6 Å². The molecule has 1 heterocycles. The molecule has 0 bridgehead atoms. The summed E-state index contributed by atoms with van der Waals surface area (Å²) in [6.07, 6.45) is 6.51. The predicted molar refractivity (Wildman–Crippen MR) is 159 cm³/mol. The monoisotopic (exact) mass is 580 g/mol. The maximum Gasteiger partial charge on any atom is 0.322 e. The number of hydrogen-bond donors (Lipinski definition) is 2. The van der Waals surface area contributed by atoms with Crippen LogP contribution in [0.25, 0.3) is 0 Å². The minimum absolute atomic E-state index is 0.0983. The standard InChI is InChI=1S/C31H37FN4O4S/c1-41(38,39)34-27-11-15-30(16-12-27)40-29-13-5-24(6-14-29)21-35-19-17-28(18-20-35)36(22-23-3-2-4-23)31(37)33-26-9-7-25(32)8-10-26/h5-16,23,28,34H,2-4,17-22H2,1H3,(H,33,37). The van der Waals surface area contributed by atoms with Crippen molar-refractivity contribution in [3.05, 3.63) is 84.2 Å². The summed E-state index contributed by atoms with van der Waals surface area (Å²) in [6, 6.07) is 20.8. The second kappa shape index (κ2) is 12.9. The first kappa shape index (κ1) is 28.9. The molecule has 0 unspecified atom stereocenters. The minimum atomic E-state index is -3.32. The lowest BCUT2D eigenvalue weighted by atomic mass is 9.84. The maximum absolute atomic E-state index is 13.3. The highest BCUT2D eigenvalue weighted by Crippen LogP contribution is 2.30. The van der Waals surface area contributed by atoms with E-state index in [1.54, 1.807) is 36.4 Å². The van der Waals surface area contributed by atoms with Crippen molar-refractivity contribution < 1.29 is 22.3 Å². The van der Waals surface area contributed by atoms with Gasteiger partial charge in [0.2, 0.25) is 10.0 Å². The van der Waals surface area contributed by atoms with Crippen molar-refractivity contribution >= 4 is 27.4 Å². The molecule has 1 saturated heterocycles. The number of nitrogens with zero attached hydrogens (tertiary/aromatic N) is 2. The third kappa shape index (κ3) is 8.43. The number of likely N-dealkylation sites (tertiary alicyclic amines) is 1. The van der Waals surface area contributed by atoms with Crippen molar-refractivity contribution in [2.24, 2.45) is 5.92 Å². The van der Waals surface area contributed by atoms with Gasteiger partial charge >= 0.3 is 6.03 Å². The molecule has 5 rings (SSSR count). The molecule has 2 N–H and O–H groups in total.